The van der Waals surface area contributed by atoms with Gasteiger partial charge in [-0.1, -0.05) is 6.07 Å². The summed E-state index contributed by atoms with van der Waals surface area (Å²) in [7, 11) is 0. The molecule has 0 aliphatic heterocycles. The van der Waals surface area contributed by atoms with E-state index in [1.54, 1.807) is 18.3 Å². The number of aryl methyl sites for hydroxylation is 2. The molecule has 98 valence electrons. The number of anilines is 1. The summed E-state index contributed by atoms with van der Waals surface area (Å²) in [6, 6.07) is 5.38. The third-order valence-electron chi connectivity index (χ3n) is 2.93. The van der Waals surface area contributed by atoms with Crippen LogP contribution in [0.15, 0.2) is 30.7 Å². The summed E-state index contributed by atoms with van der Waals surface area (Å²) >= 11 is 0. The maximum absolute atomic E-state index is 12.1. The molecule has 0 fully saturated rings. The average molecular weight is 256 g/mol. The number of rotatable bonds is 3. The number of aromatic nitrogens is 2. The van der Waals surface area contributed by atoms with E-state index >= 15 is 0 Å². The Morgan fingerprint density at radius 3 is 2.79 bits per heavy atom. The van der Waals surface area contributed by atoms with Crippen molar-refractivity contribution in [2.24, 2.45) is 0 Å². The number of amides is 1. The summed E-state index contributed by atoms with van der Waals surface area (Å²) in [6.45, 7) is 4.19. The fourth-order valence-corrected chi connectivity index (χ4v) is 1.80. The van der Waals surface area contributed by atoms with E-state index in [-0.39, 0.29) is 5.91 Å². The summed E-state index contributed by atoms with van der Waals surface area (Å²) in [6.07, 6.45) is 3.10. The van der Waals surface area contributed by atoms with Crippen molar-refractivity contribution < 1.29 is 4.79 Å². The predicted octanol–water partition coefficient (Wildman–Crippen LogP) is 1.61. The van der Waals surface area contributed by atoms with Crippen molar-refractivity contribution in [3.05, 3.63) is 53.1 Å². The van der Waals surface area contributed by atoms with Gasteiger partial charge in [-0.25, -0.2) is 9.97 Å². The fourth-order valence-electron chi connectivity index (χ4n) is 1.80. The van der Waals surface area contributed by atoms with Gasteiger partial charge in [0.05, 0.1) is 12.2 Å². The first-order valence-corrected chi connectivity index (χ1v) is 5.97. The number of hydrogen-bond donors (Lipinski definition) is 2. The Kier molecular flexibility index (Phi) is 3.75. The molecule has 0 atom stereocenters. The third kappa shape index (κ3) is 3.07. The van der Waals surface area contributed by atoms with Gasteiger partial charge in [0.25, 0.3) is 5.91 Å². The SMILES string of the molecule is Cc1cc(C)c(C(=O)NCc2ccncn2)cc1N. The molecule has 1 amide bonds. The van der Waals surface area contributed by atoms with E-state index in [1.807, 2.05) is 19.9 Å². The maximum atomic E-state index is 12.1. The van der Waals surface area contributed by atoms with Gasteiger partial charge < -0.3 is 11.1 Å². The van der Waals surface area contributed by atoms with E-state index in [2.05, 4.69) is 15.3 Å². The van der Waals surface area contributed by atoms with E-state index in [1.165, 1.54) is 6.33 Å². The van der Waals surface area contributed by atoms with Crippen LogP contribution in [0.2, 0.25) is 0 Å². The second kappa shape index (κ2) is 5.48. The molecule has 0 spiro atoms. The highest BCUT2D eigenvalue weighted by atomic mass is 16.1. The number of carbonyl (C=O) groups excluding carboxylic acids is 1. The summed E-state index contributed by atoms with van der Waals surface area (Å²) in [5.41, 5.74) is 9.70. The molecular weight excluding hydrogens is 240 g/mol. The zero-order valence-electron chi connectivity index (χ0n) is 11.0. The van der Waals surface area contributed by atoms with Gasteiger partial charge in [-0.2, -0.15) is 0 Å². The Labute approximate surface area is 111 Å². The van der Waals surface area contributed by atoms with Crippen LogP contribution >= 0.6 is 0 Å². The van der Waals surface area contributed by atoms with Crippen LogP contribution in [0, 0.1) is 13.8 Å². The second-order valence-corrected chi connectivity index (χ2v) is 4.41. The Morgan fingerprint density at radius 2 is 2.11 bits per heavy atom. The van der Waals surface area contributed by atoms with E-state index in [4.69, 9.17) is 5.73 Å². The monoisotopic (exact) mass is 256 g/mol. The van der Waals surface area contributed by atoms with Crippen LogP contribution in [0.1, 0.15) is 27.2 Å². The standard InChI is InChI=1S/C14H16N4O/c1-9-5-10(2)13(15)6-12(9)14(19)17-7-11-3-4-16-8-18-11/h3-6,8H,7,15H2,1-2H3,(H,17,19). The number of carbonyl (C=O) groups is 1. The van der Waals surface area contributed by atoms with Gasteiger partial charge in [0.15, 0.2) is 0 Å². The van der Waals surface area contributed by atoms with Crippen molar-refractivity contribution >= 4 is 11.6 Å². The molecule has 0 saturated carbocycles. The first-order valence-electron chi connectivity index (χ1n) is 5.97. The van der Waals surface area contributed by atoms with E-state index in [9.17, 15) is 4.79 Å². The topological polar surface area (TPSA) is 80.9 Å². The van der Waals surface area contributed by atoms with Crippen LogP contribution in [0.3, 0.4) is 0 Å². The van der Waals surface area contributed by atoms with Crippen molar-refractivity contribution in [2.75, 3.05) is 5.73 Å². The first-order chi connectivity index (χ1) is 9.08. The normalized spacial score (nSPS) is 10.2. The number of hydrogen-bond acceptors (Lipinski definition) is 4. The molecule has 0 aliphatic rings. The van der Waals surface area contributed by atoms with E-state index in [0.29, 0.717) is 17.8 Å². The van der Waals surface area contributed by atoms with Crippen molar-refractivity contribution in [3.8, 4) is 0 Å². The van der Waals surface area contributed by atoms with Crippen LogP contribution in [-0.2, 0) is 6.54 Å². The number of nitrogens with zero attached hydrogens (tertiary/aromatic N) is 2. The summed E-state index contributed by atoms with van der Waals surface area (Å²) in [4.78, 5) is 20.0. The highest BCUT2D eigenvalue weighted by Gasteiger charge is 2.10. The van der Waals surface area contributed by atoms with Crippen molar-refractivity contribution in [3.63, 3.8) is 0 Å². The lowest BCUT2D eigenvalue weighted by atomic mass is 10.0. The van der Waals surface area contributed by atoms with Crippen molar-refractivity contribution in [2.45, 2.75) is 20.4 Å². The lowest BCUT2D eigenvalue weighted by Gasteiger charge is -2.10. The number of nitrogens with one attached hydrogen (secondary N) is 1. The molecule has 1 heterocycles. The van der Waals surface area contributed by atoms with Crippen LogP contribution < -0.4 is 11.1 Å². The Hall–Kier alpha value is -2.43. The third-order valence-corrected chi connectivity index (χ3v) is 2.93. The maximum Gasteiger partial charge on any atom is 0.251 e. The van der Waals surface area contributed by atoms with Gasteiger partial charge in [-0.3, -0.25) is 4.79 Å². The molecular formula is C14H16N4O. The van der Waals surface area contributed by atoms with Crippen LogP contribution in [0.25, 0.3) is 0 Å². The molecule has 2 aromatic rings. The van der Waals surface area contributed by atoms with Gasteiger partial charge in [0.1, 0.15) is 6.33 Å². The quantitative estimate of drug-likeness (QED) is 0.817. The van der Waals surface area contributed by atoms with Gasteiger partial charge >= 0.3 is 0 Å². The minimum atomic E-state index is -0.150. The largest absolute Gasteiger partial charge is 0.398 e. The minimum Gasteiger partial charge on any atom is -0.398 e. The van der Waals surface area contributed by atoms with E-state index in [0.717, 1.165) is 16.8 Å². The van der Waals surface area contributed by atoms with Crippen molar-refractivity contribution in [1.29, 1.82) is 0 Å². The highest BCUT2D eigenvalue weighted by molar-refractivity contribution is 5.96. The minimum absolute atomic E-state index is 0.150. The zero-order valence-corrected chi connectivity index (χ0v) is 11.0. The van der Waals surface area contributed by atoms with E-state index < -0.39 is 0 Å². The van der Waals surface area contributed by atoms with Gasteiger partial charge in [0.2, 0.25) is 0 Å². The molecule has 5 nitrogen and oxygen atoms in total. The van der Waals surface area contributed by atoms with Crippen LogP contribution in [0.5, 0.6) is 0 Å². The Bertz CT molecular complexity index is 596. The molecule has 3 N–H and O–H groups in total. The Morgan fingerprint density at radius 1 is 1.32 bits per heavy atom. The zero-order chi connectivity index (χ0) is 13.8. The molecule has 0 saturated heterocycles. The molecule has 2 rings (SSSR count). The number of benzene rings is 1. The number of nitrogen functional groups attached to an aromatic ring is 1. The molecule has 5 heteroatoms. The molecule has 1 aromatic carbocycles. The second-order valence-electron chi connectivity index (χ2n) is 4.41. The molecule has 0 aliphatic carbocycles. The smallest absolute Gasteiger partial charge is 0.251 e. The predicted molar refractivity (Wildman–Crippen MR) is 73.5 cm³/mol. The van der Waals surface area contributed by atoms with Gasteiger partial charge in [-0.05, 0) is 37.1 Å². The summed E-state index contributed by atoms with van der Waals surface area (Å²) in [5.74, 6) is -0.150. The molecule has 1 aromatic heterocycles. The summed E-state index contributed by atoms with van der Waals surface area (Å²) < 4.78 is 0. The van der Waals surface area contributed by atoms with Gasteiger partial charge in [0, 0.05) is 17.4 Å². The molecule has 0 unspecified atom stereocenters. The average Bonchev–Trinajstić information content (AvgIpc) is 2.41. The lowest BCUT2D eigenvalue weighted by molar-refractivity contribution is 0.0950. The van der Waals surface area contributed by atoms with Crippen LogP contribution in [-0.4, -0.2) is 15.9 Å². The lowest BCUT2D eigenvalue weighted by Crippen LogP contribution is -2.24. The van der Waals surface area contributed by atoms with Gasteiger partial charge in [-0.15, -0.1) is 0 Å². The van der Waals surface area contributed by atoms with Crippen LogP contribution in [0.4, 0.5) is 5.69 Å². The summed E-state index contributed by atoms with van der Waals surface area (Å²) in [5, 5.41) is 2.82. The van der Waals surface area contributed by atoms with Crippen molar-refractivity contribution in [1.82, 2.24) is 15.3 Å². The molecule has 0 radical (unpaired) electrons. The number of nitrogens with two attached hydrogens (primary N) is 1. The molecule has 0 bridgehead atoms. The fraction of sp³-hybridized carbons (Fsp3) is 0.214. The molecule has 19 heavy (non-hydrogen) atoms. The Balaban J connectivity index is 2.10. The first kappa shape index (κ1) is 13.0. The highest BCUT2D eigenvalue weighted by Crippen LogP contribution is 2.17.